The second kappa shape index (κ2) is 9.49. The summed E-state index contributed by atoms with van der Waals surface area (Å²) in [7, 11) is 0. The summed E-state index contributed by atoms with van der Waals surface area (Å²) >= 11 is 12.6. The van der Waals surface area contributed by atoms with Gasteiger partial charge >= 0.3 is 0 Å². The molecule has 2 aromatic carbocycles. The van der Waals surface area contributed by atoms with E-state index in [4.69, 9.17) is 32.7 Å². The molecule has 3 rings (SSSR count). The molecule has 0 radical (unpaired) electrons. The molecule has 1 saturated heterocycles. The first-order valence-corrected chi connectivity index (χ1v) is 10.0. The molecule has 0 atom stereocenters. The third kappa shape index (κ3) is 5.01. The Morgan fingerprint density at radius 3 is 2.04 bits per heavy atom. The standard InChI is InChI=1S/C21H21Cl2F3O2/c1-2-3-13-10-27-19(28-11-13)5-4-12-6-15(22)20(16(23)7-12)14-8-17(24)21(26)18(25)9-14/h6-9,13,19H,2-5,10-11H2,1H3. The van der Waals surface area contributed by atoms with Gasteiger partial charge in [0, 0.05) is 17.9 Å². The van der Waals surface area contributed by atoms with E-state index < -0.39 is 17.5 Å². The zero-order valence-corrected chi connectivity index (χ0v) is 16.9. The highest BCUT2D eigenvalue weighted by atomic mass is 35.5. The predicted molar refractivity (Wildman–Crippen MR) is 104 cm³/mol. The molecule has 0 unspecified atom stereocenters. The normalized spacial score (nSPS) is 19.8. The van der Waals surface area contributed by atoms with E-state index in [1.807, 2.05) is 0 Å². The molecule has 1 aliphatic heterocycles. The number of hydrogen-bond donors (Lipinski definition) is 0. The SMILES string of the molecule is CCCC1COC(CCc2cc(Cl)c(-c3cc(F)c(F)c(F)c3)c(Cl)c2)OC1. The maximum atomic E-state index is 13.5. The average molecular weight is 433 g/mol. The third-order valence-corrected chi connectivity index (χ3v) is 5.37. The van der Waals surface area contributed by atoms with Crippen molar-refractivity contribution in [2.45, 2.75) is 38.9 Å². The molecule has 0 N–H and O–H groups in total. The quantitative estimate of drug-likeness (QED) is 0.467. The minimum atomic E-state index is -1.53. The average Bonchev–Trinajstić information content (AvgIpc) is 2.65. The van der Waals surface area contributed by atoms with Gasteiger partial charge in [0.1, 0.15) is 0 Å². The molecule has 0 aromatic heterocycles. The lowest BCUT2D eigenvalue weighted by Gasteiger charge is -2.29. The van der Waals surface area contributed by atoms with Crippen LogP contribution >= 0.6 is 23.2 Å². The van der Waals surface area contributed by atoms with Crippen LogP contribution in [0.4, 0.5) is 13.2 Å². The molecule has 1 heterocycles. The maximum absolute atomic E-state index is 13.5. The number of hydrogen-bond acceptors (Lipinski definition) is 2. The molecule has 1 aliphatic rings. The predicted octanol–water partition coefficient (Wildman–Crippen LogP) is 6.80. The van der Waals surface area contributed by atoms with E-state index in [2.05, 4.69) is 6.92 Å². The minimum absolute atomic E-state index is 0.0823. The van der Waals surface area contributed by atoms with Gasteiger partial charge in [-0.05, 0) is 48.2 Å². The monoisotopic (exact) mass is 432 g/mol. The first kappa shape index (κ1) is 21.4. The fourth-order valence-electron chi connectivity index (χ4n) is 3.35. The van der Waals surface area contributed by atoms with Gasteiger partial charge in [0.2, 0.25) is 0 Å². The minimum Gasteiger partial charge on any atom is -0.352 e. The lowest BCUT2D eigenvalue weighted by atomic mass is 10.0. The van der Waals surface area contributed by atoms with Gasteiger partial charge in [-0.25, -0.2) is 13.2 Å². The lowest BCUT2D eigenvalue weighted by Crippen LogP contribution is -2.32. The van der Waals surface area contributed by atoms with Crippen molar-refractivity contribution in [1.29, 1.82) is 0 Å². The Balaban J connectivity index is 1.69. The molecule has 28 heavy (non-hydrogen) atoms. The Bertz CT molecular complexity index is 790. The van der Waals surface area contributed by atoms with Gasteiger partial charge in [-0.2, -0.15) is 0 Å². The summed E-state index contributed by atoms with van der Waals surface area (Å²) in [6.07, 6.45) is 3.18. The lowest BCUT2D eigenvalue weighted by molar-refractivity contribution is -0.203. The van der Waals surface area contributed by atoms with Crippen LogP contribution < -0.4 is 0 Å². The van der Waals surface area contributed by atoms with Crippen molar-refractivity contribution in [1.82, 2.24) is 0 Å². The van der Waals surface area contributed by atoms with E-state index in [-0.39, 0.29) is 27.5 Å². The van der Waals surface area contributed by atoms with Crippen molar-refractivity contribution in [3.63, 3.8) is 0 Å². The molecule has 2 nitrogen and oxygen atoms in total. The molecule has 7 heteroatoms. The highest BCUT2D eigenvalue weighted by molar-refractivity contribution is 6.39. The van der Waals surface area contributed by atoms with Gasteiger partial charge in [-0.3, -0.25) is 0 Å². The zero-order chi connectivity index (χ0) is 20.3. The Kier molecular flexibility index (Phi) is 7.26. The Morgan fingerprint density at radius 1 is 0.929 bits per heavy atom. The van der Waals surface area contributed by atoms with E-state index >= 15 is 0 Å². The van der Waals surface area contributed by atoms with Gasteiger partial charge in [-0.1, -0.05) is 36.5 Å². The van der Waals surface area contributed by atoms with Crippen molar-refractivity contribution < 1.29 is 22.6 Å². The van der Waals surface area contributed by atoms with Crippen molar-refractivity contribution in [3.8, 4) is 11.1 Å². The summed E-state index contributed by atoms with van der Waals surface area (Å²) in [5.41, 5.74) is 1.20. The molecule has 0 saturated carbocycles. The van der Waals surface area contributed by atoms with E-state index in [0.29, 0.717) is 32.0 Å². The first-order chi connectivity index (χ1) is 13.4. The van der Waals surface area contributed by atoms with Crippen molar-refractivity contribution in [3.05, 3.63) is 57.3 Å². The third-order valence-electron chi connectivity index (χ3n) is 4.78. The van der Waals surface area contributed by atoms with Crippen LogP contribution in [-0.4, -0.2) is 19.5 Å². The highest BCUT2D eigenvalue weighted by Gasteiger charge is 2.22. The largest absolute Gasteiger partial charge is 0.352 e. The Morgan fingerprint density at radius 2 is 1.50 bits per heavy atom. The van der Waals surface area contributed by atoms with Crippen molar-refractivity contribution in [2.24, 2.45) is 5.92 Å². The summed E-state index contributed by atoms with van der Waals surface area (Å²) in [5.74, 6) is -3.67. The van der Waals surface area contributed by atoms with Crippen molar-refractivity contribution >= 4 is 23.2 Å². The van der Waals surface area contributed by atoms with Crippen LogP contribution in [0.3, 0.4) is 0 Å². The number of ether oxygens (including phenoxy) is 2. The second-order valence-corrected chi connectivity index (χ2v) is 7.79. The number of rotatable bonds is 6. The molecule has 0 aliphatic carbocycles. The number of aryl methyl sites for hydroxylation is 1. The van der Waals surface area contributed by atoms with Gasteiger partial charge in [0.15, 0.2) is 23.7 Å². The van der Waals surface area contributed by atoms with Crippen LogP contribution in [0, 0.1) is 23.4 Å². The zero-order valence-electron chi connectivity index (χ0n) is 15.4. The summed E-state index contributed by atoms with van der Waals surface area (Å²) in [6.45, 7) is 3.53. The van der Waals surface area contributed by atoms with Gasteiger partial charge in [0.25, 0.3) is 0 Å². The second-order valence-electron chi connectivity index (χ2n) is 6.98. The topological polar surface area (TPSA) is 18.5 Å². The number of benzene rings is 2. The summed E-state index contributed by atoms with van der Waals surface area (Å²) in [5, 5.41) is 0.475. The van der Waals surface area contributed by atoms with Gasteiger partial charge < -0.3 is 9.47 Å². The molecule has 152 valence electrons. The van der Waals surface area contributed by atoms with E-state index in [1.165, 1.54) is 0 Å². The van der Waals surface area contributed by atoms with Crippen LogP contribution in [0.1, 0.15) is 31.7 Å². The Labute approximate surface area is 172 Å². The molecule has 0 spiro atoms. The summed E-state index contributed by atoms with van der Waals surface area (Å²) in [4.78, 5) is 0. The fraction of sp³-hybridized carbons (Fsp3) is 0.429. The van der Waals surface area contributed by atoms with E-state index in [0.717, 1.165) is 30.5 Å². The maximum Gasteiger partial charge on any atom is 0.194 e. The van der Waals surface area contributed by atoms with E-state index in [1.54, 1.807) is 12.1 Å². The van der Waals surface area contributed by atoms with Crippen LogP contribution in [0.2, 0.25) is 10.0 Å². The van der Waals surface area contributed by atoms with Crippen LogP contribution in [0.15, 0.2) is 24.3 Å². The van der Waals surface area contributed by atoms with E-state index in [9.17, 15) is 13.2 Å². The summed E-state index contributed by atoms with van der Waals surface area (Å²) in [6, 6.07) is 5.12. The smallest absolute Gasteiger partial charge is 0.194 e. The Hall–Kier alpha value is -1.27. The molecule has 0 bridgehead atoms. The summed E-state index contributed by atoms with van der Waals surface area (Å²) < 4.78 is 51.8. The molecule has 2 aromatic rings. The fourth-order valence-corrected chi connectivity index (χ4v) is 4.11. The van der Waals surface area contributed by atoms with Gasteiger partial charge in [0.05, 0.1) is 23.3 Å². The first-order valence-electron chi connectivity index (χ1n) is 9.25. The highest BCUT2D eigenvalue weighted by Crippen LogP contribution is 2.37. The molecular formula is C21H21Cl2F3O2. The van der Waals surface area contributed by atoms with Crippen LogP contribution in [-0.2, 0) is 15.9 Å². The molecular weight excluding hydrogens is 412 g/mol. The van der Waals surface area contributed by atoms with Crippen LogP contribution in [0.5, 0.6) is 0 Å². The van der Waals surface area contributed by atoms with Crippen molar-refractivity contribution in [2.75, 3.05) is 13.2 Å². The van der Waals surface area contributed by atoms with Crippen LogP contribution in [0.25, 0.3) is 11.1 Å². The van der Waals surface area contributed by atoms with Gasteiger partial charge in [-0.15, -0.1) is 0 Å². The molecule has 1 fully saturated rings. The molecule has 0 amide bonds. The number of halogens is 5.